The summed E-state index contributed by atoms with van der Waals surface area (Å²) >= 11 is 0. The smallest absolute Gasteiger partial charge is 0.337 e. The Hall–Kier alpha value is -4.26. The third-order valence-corrected chi connectivity index (χ3v) is 4.57. The minimum atomic E-state index is -1.17. The molecule has 0 unspecified atom stereocenters. The number of hydrogen-bond acceptors (Lipinski definition) is 4. The monoisotopic (exact) mass is 386 g/mol. The molecule has 7 nitrogen and oxygen atoms in total. The minimum Gasteiger partial charge on any atom is -0.478 e. The van der Waals surface area contributed by atoms with Crippen molar-refractivity contribution < 1.29 is 24.3 Å². The molecule has 1 aliphatic heterocycles. The van der Waals surface area contributed by atoms with Gasteiger partial charge in [-0.1, -0.05) is 30.3 Å². The zero-order chi connectivity index (χ0) is 20.5. The molecule has 1 aliphatic rings. The van der Waals surface area contributed by atoms with E-state index >= 15 is 0 Å². The van der Waals surface area contributed by atoms with Gasteiger partial charge >= 0.3 is 5.97 Å². The van der Waals surface area contributed by atoms with Crippen LogP contribution in [0.5, 0.6) is 0 Å². The van der Waals surface area contributed by atoms with Crippen LogP contribution in [0.3, 0.4) is 0 Å². The number of imide groups is 1. The van der Waals surface area contributed by atoms with Gasteiger partial charge in [-0.3, -0.25) is 14.4 Å². The summed E-state index contributed by atoms with van der Waals surface area (Å²) in [5, 5.41) is 11.8. The Bertz CT molecular complexity index is 1170. The van der Waals surface area contributed by atoms with Gasteiger partial charge in [0.25, 0.3) is 17.7 Å². The molecule has 2 N–H and O–H groups in total. The summed E-state index contributed by atoms with van der Waals surface area (Å²) in [6.07, 6.45) is 0. The van der Waals surface area contributed by atoms with E-state index in [1.165, 1.54) is 30.3 Å². The number of nitrogens with zero attached hydrogens (tertiary/aromatic N) is 1. The van der Waals surface area contributed by atoms with Gasteiger partial charge in [0.1, 0.15) is 0 Å². The SMILES string of the molecule is O=C(Nc1ccccc1C(=O)O)c1ccc2c(c1)C(=O)N(c1ccccc1)C2=O. The highest BCUT2D eigenvalue weighted by Gasteiger charge is 2.37. The quantitative estimate of drug-likeness (QED) is 0.669. The number of hydrogen-bond donors (Lipinski definition) is 2. The molecule has 0 aliphatic carbocycles. The van der Waals surface area contributed by atoms with E-state index in [0.29, 0.717) is 5.69 Å². The number of carboxylic acids is 1. The minimum absolute atomic E-state index is 0.0523. The molecular formula is C22H14N2O5. The first-order chi connectivity index (χ1) is 14.0. The van der Waals surface area contributed by atoms with E-state index in [-0.39, 0.29) is 27.9 Å². The fourth-order valence-corrected chi connectivity index (χ4v) is 3.17. The van der Waals surface area contributed by atoms with Crippen LogP contribution in [0.15, 0.2) is 72.8 Å². The number of nitrogens with one attached hydrogen (secondary N) is 1. The van der Waals surface area contributed by atoms with Crippen molar-refractivity contribution in [1.82, 2.24) is 0 Å². The number of carbonyl (C=O) groups is 4. The molecule has 7 heteroatoms. The Balaban J connectivity index is 1.65. The molecule has 3 aromatic carbocycles. The first-order valence-electron chi connectivity index (χ1n) is 8.69. The largest absolute Gasteiger partial charge is 0.478 e. The van der Waals surface area contributed by atoms with Crippen molar-refractivity contribution in [3.63, 3.8) is 0 Å². The van der Waals surface area contributed by atoms with Crippen molar-refractivity contribution in [3.8, 4) is 0 Å². The molecule has 0 aromatic heterocycles. The van der Waals surface area contributed by atoms with Gasteiger partial charge in [0.05, 0.1) is 28.1 Å². The number of para-hydroxylation sites is 2. The van der Waals surface area contributed by atoms with Crippen LogP contribution in [0.4, 0.5) is 11.4 Å². The molecule has 0 atom stereocenters. The van der Waals surface area contributed by atoms with Crippen LogP contribution in [0.2, 0.25) is 0 Å². The second kappa shape index (κ2) is 7.05. The van der Waals surface area contributed by atoms with Crippen LogP contribution >= 0.6 is 0 Å². The standard InChI is InChI=1S/C22H14N2O5/c25-19(23-18-9-5-4-8-16(18)22(28)29)13-10-11-15-17(12-13)21(27)24(20(15)26)14-6-2-1-3-7-14/h1-12H,(H,23,25)(H,28,29). The molecule has 3 amide bonds. The van der Waals surface area contributed by atoms with Gasteiger partial charge in [0.2, 0.25) is 0 Å². The molecular weight excluding hydrogens is 372 g/mol. The number of fused-ring (bicyclic) bond motifs is 1. The summed E-state index contributed by atoms with van der Waals surface area (Å²) in [6.45, 7) is 0. The lowest BCUT2D eigenvalue weighted by Crippen LogP contribution is -2.29. The predicted octanol–water partition coefficient (Wildman–Crippen LogP) is 3.44. The summed E-state index contributed by atoms with van der Waals surface area (Å²) in [5.41, 5.74) is 1.00. The number of amides is 3. The molecule has 142 valence electrons. The fraction of sp³-hybridized carbons (Fsp3) is 0. The molecule has 4 rings (SSSR count). The van der Waals surface area contributed by atoms with E-state index in [0.717, 1.165) is 4.90 Å². The van der Waals surface area contributed by atoms with Crippen molar-refractivity contribution in [1.29, 1.82) is 0 Å². The molecule has 0 saturated heterocycles. The normalized spacial score (nSPS) is 12.6. The lowest BCUT2D eigenvalue weighted by Gasteiger charge is -2.13. The molecule has 0 spiro atoms. The van der Waals surface area contributed by atoms with Gasteiger partial charge in [-0.25, -0.2) is 9.69 Å². The first-order valence-corrected chi connectivity index (χ1v) is 8.69. The maximum Gasteiger partial charge on any atom is 0.337 e. The Morgan fingerprint density at radius 1 is 0.793 bits per heavy atom. The fourth-order valence-electron chi connectivity index (χ4n) is 3.17. The predicted molar refractivity (Wildman–Crippen MR) is 105 cm³/mol. The summed E-state index contributed by atoms with van der Waals surface area (Å²) < 4.78 is 0. The van der Waals surface area contributed by atoms with Crippen LogP contribution in [0.1, 0.15) is 41.4 Å². The summed E-state index contributed by atoms with van der Waals surface area (Å²) in [6, 6.07) is 18.7. The molecule has 0 radical (unpaired) electrons. The summed E-state index contributed by atoms with van der Waals surface area (Å²) in [7, 11) is 0. The van der Waals surface area contributed by atoms with E-state index in [9.17, 15) is 24.3 Å². The van der Waals surface area contributed by atoms with E-state index in [1.54, 1.807) is 42.5 Å². The van der Waals surface area contributed by atoms with Crippen LogP contribution < -0.4 is 10.2 Å². The Labute approximate surface area is 165 Å². The Morgan fingerprint density at radius 3 is 2.17 bits per heavy atom. The number of aromatic carboxylic acids is 1. The average molecular weight is 386 g/mol. The maximum atomic E-state index is 12.8. The molecule has 29 heavy (non-hydrogen) atoms. The number of rotatable bonds is 4. The number of carboxylic acid groups (broad SMARTS) is 1. The highest BCUT2D eigenvalue weighted by atomic mass is 16.4. The zero-order valence-electron chi connectivity index (χ0n) is 15.0. The van der Waals surface area contributed by atoms with Gasteiger partial charge in [0, 0.05) is 5.56 Å². The highest BCUT2D eigenvalue weighted by Crippen LogP contribution is 2.29. The number of benzene rings is 3. The van der Waals surface area contributed by atoms with Gasteiger partial charge in [-0.2, -0.15) is 0 Å². The summed E-state index contributed by atoms with van der Waals surface area (Å²) in [5.74, 6) is -2.73. The van der Waals surface area contributed by atoms with E-state index in [2.05, 4.69) is 5.32 Å². The number of carbonyl (C=O) groups excluding carboxylic acids is 3. The second-order valence-electron chi connectivity index (χ2n) is 6.35. The summed E-state index contributed by atoms with van der Waals surface area (Å²) in [4.78, 5) is 50.4. The van der Waals surface area contributed by atoms with Crippen LogP contribution in [-0.4, -0.2) is 28.8 Å². The van der Waals surface area contributed by atoms with Crippen molar-refractivity contribution in [2.24, 2.45) is 0 Å². The highest BCUT2D eigenvalue weighted by molar-refractivity contribution is 6.34. The van der Waals surface area contributed by atoms with Crippen molar-refractivity contribution in [2.75, 3.05) is 10.2 Å². The van der Waals surface area contributed by atoms with E-state index in [1.807, 2.05) is 0 Å². The van der Waals surface area contributed by atoms with Crippen LogP contribution in [0, 0.1) is 0 Å². The number of anilines is 2. The van der Waals surface area contributed by atoms with Crippen LogP contribution in [0.25, 0.3) is 0 Å². The maximum absolute atomic E-state index is 12.8. The third kappa shape index (κ3) is 3.14. The van der Waals surface area contributed by atoms with E-state index in [4.69, 9.17) is 0 Å². The second-order valence-corrected chi connectivity index (χ2v) is 6.35. The Morgan fingerprint density at radius 2 is 1.45 bits per heavy atom. The molecule has 0 saturated carbocycles. The average Bonchev–Trinajstić information content (AvgIpc) is 2.98. The molecule has 3 aromatic rings. The van der Waals surface area contributed by atoms with Gasteiger partial charge < -0.3 is 10.4 Å². The lowest BCUT2D eigenvalue weighted by molar-refractivity contribution is 0.0697. The van der Waals surface area contributed by atoms with Crippen LogP contribution in [-0.2, 0) is 0 Å². The third-order valence-electron chi connectivity index (χ3n) is 4.57. The van der Waals surface area contributed by atoms with Gasteiger partial charge in [-0.15, -0.1) is 0 Å². The topological polar surface area (TPSA) is 104 Å². The molecule has 0 fully saturated rings. The zero-order valence-corrected chi connectivity index (χ0v) is 15.0. The van der Waals surface area contributed by atoms with Gasteiger partial charge in [-0.05, 0) is 42.5 Å². The van der Waals surface area contributed by atoms with Gasteiger partial charge in [0.15, 0.2) is 0 Å². The first kappa shape index (κ1) is 18.1. The Kier molecular flexibility index (Phi) is 4.40. The van der Waals surface area contributed by atoms with Crippen molar-refractivity contribution in [2.45, 2.75) is 0 Å². The molecule has 0 bridgehead atoms. The molecule has 1 heterocycles. The lowest BCUT2D eigenvalue weighted by atomic mass is 10.0. The van der Waals surface area contributed by atoms with Crippen molar-refractivity contribution >= 4 is 35.1 Å². The van der Waals surface area contributed by atoms with Crippen molar-refractivity contribution in [3.05, 3.63) is 95.1 Å². The van der Waals surface area contributed by atoms with E-state index < -0.39 is 23.7 Å².